The van der Waals surface area contributed by atoms with E-state index in [2.05, 4.69) is 41.1 Å². The van der Waals surface area contributed by atoms with E-state index in [1.165, 1.54) is 24.0 Å². The fraction of sp³-hybridized carbons (Fsp3) is 0.565. The van der Waals surface area contributed by atoms with E-state index in [1.807, 2.05) is 18.7 Å². The van der Waals surface area contributed by atoms with Crippen LogP contribution in [0.25, 0.3) is 0 Å². The first-order valence-corrected chi connectivity index (χ1v) is 10.5. The van der Waals surface area contributed by atoms with Gasteiger partial charge in [0.25, 0.3) is 5.91 Å². The van der Waals surface area contributed by atoms with Crippen molar-refractivity contribution < 1.29 is 9.21 Å². The SMILES string of the molecule is CCc1nc(C)c(C(=O)N2CC[C@@]3(CCCN(Cc4cccc(C)c4)C3)C2)o1. The van der Waals surface area contributed by atoms with Crippen molar-refractivity contribution in [3.05, 3.63) is 52.7 Å². The number of carbonyl (C=O) groups is 1. The Labute approximate surface area is 167 Å². The number of rotatable bonds is 4. The van der Waals surface area contributed by atoms with Crippen LogP contribution in [0, 0.1) is 19.3 Å². The lowest BCUT2D eigenvalue weighted by Crippen LogP contribution is -2.45. The molecule has 0 aliphatic carbocycles. The number of amides is 1. The summed E-state index contributed by atoms with van der Waals surface area (Å²) in [5.74, 6) is 1.09. The van der Waals surface area contributed by atoms with Gasteiger partial charge in [-0.1, -0.05) is 36.8 Å². The van der Waals surface area contributed by atoms with Crippen LogP contribution in [-0.4, -0.2) is 46.9 Å². The molecule has 150 valence electrons. The van der Waals surface area contributed by atoms with E-state index in [9.17, 15) is 4.79 Å². The monoisotopic (exact) mass is 381 g/mol. The fourth-order valence-corrected chi connectivity index (χ4v) is 4.90. The van der Waals surface area contributed by atoms with Crippen LogP contribution in [0.1, 0.15) is 59.5 Å². The maximum Gasteiger partial charge on any atom is 0.291 e. The molecule has 0 radical (unpaired) electrons. The summed E-state index contributed by atoms with van der Waals surface area (Å²) in [5.41, 5.74) is 3.63. The molecule has 2 fully saturated rings. The lowest BCUT2D eigenvalue weighted by molar-refractivity contribution is 0.0649. The summed E-state index contributed by atoms with van der Waals surface area (Å²) in [7, 11) is 0. The summed E-state index contributed by atoms with van der Waals surface area (Å²) < 4.78 is 5.71. The van der Waals surface area contributed by atoms with Gasteiger partial charge < -0.3 is 9.32 Å². The number of hydrogen-bond donors (Lipinski definition) is 0. The molecule has 5 nitrogen and oxygen atoms in total. The van der Waals surface area contributed by atoms with Crippen molar-refractivity contribution in [2.24, 2.45) is 5.41 Å². The van der Waals surface area contributed by atoms with E-state index in [1.54, 1.807) is 0 Å². The summed E-state index contributed by atoms with van der Waals surface area (Å²) in [6.45, 7) is 10.9. The smallest absolute Gasteiger partial charge is 0.291 e. The van der Waals surface area contributed by atoms with Gasteiger partial charge in [0.1, 0.15) is 0 Å². The Kier molecular flexibility index (Phi) is 5.28. The highest BCUT2D eigenvalue weighted by Crippen LogP contribution is 2.40. The second kappa shape index (κ2) is 7.70. The highest BCUT2D eigenvalue weighted by atomic mass is 16.4. The van der Waals surface area contributed by atoms with Crippen LogP contribution in [0.15, 0.2) is 28.7 Å². The van der Waals surface area contributed by atoms with Crippen molar-refractivity contribution in [2.45, 2.75) is 53.0 Å². The van der Waals surface area contributed by atoms with Crippen molar-refractivity contribution >= 4 is 5.91 Å². The van der Waals surface area contributed by atoms with E-state index in [-0.39, 0.29) is 11.3 Å². The Morgan fingerprint density at radius 2 is 2.07 bits per heavy atom. The third kappa shape index (κ3) is 3.86. The fourth-order valence-electron chi connectivity index (χ4n) is 4.90. The van der Waals surface area contributed by atoms with Gasteiger partial charge in [0.2, 0.25) is 5.76 Å². The number of oxazole rings is 1. The maximum atomic E-state index is 13.0. The van der Waals surface area contributed by atoms with Gasteiger partial charge in [0.05, 0.1) is 5.69 Å². The van der Waals surface area contributed by atoms with Gasteiger partial charge in [0, 0.05) is 38.0 Å². The topological polar surface area (TPSA) is 49.6 Å². The number of hydrogen-bond acceptors (Lipinski definition) is 4. The molecule has 3 heterocycles. The van der Waals surface area contributed by atoms with Crippen molar-refractivity contribution in [3.8, 4) is 0 Å². The Hall–Kier alpha value is -2.14. The molecule has 2 aromatic rings. The molecule has 2 saturated heterocycles. The van der Waals surface area contributed by atoms with Crippen molar-refractivity contribution in [1.29, 1.82) is 0 Å². The predicted octanol–water partition coefficient (Wildman–Crippen LogP) is 3.98. The molecule has 1 aromatic carbocycles. The molecule has 1 amide bonds. The van der Waals surface area contributed by atoms with E-state index >= 15 is 0 Å². The van der Waals surface area contributed by atoms with E-state index in [0.717, 1.165) is 39.1 Å². The van der Waals surface area contributed by atoms with Crippen LogP contribution >= 0.6 is 0 Å². The second-order valence-electron chi connectivity index (χ2n) is 8.66. The molecule has 2 aliphatic heterocycles. The molecule has 1 atom stereocenters. The van der Waals surface area contributed by atoms with Crippen LogP contribution in [0.4, 0.5) is 0 Å². The number of carbonyl (C=O) groups excluding carboxylic acids is 1. The normalized spacial score (nSPS) is 22.9. The van der Waals surface area contributed by atoms with Crippen LogP contribution in [0.3, 0.4) is 0 Å². The average molecular weight is 382 g/mol. The predicted molar refractivity (Wildman–Crippen MR) is 109 cm³/mol. The largest absolute Gasteiger partial charge is 0.435 e. The quantitative estimate of drug-likeness (QED) is 0.804. The Morgan fingerprint density at radius 1 is 1.21 bits per heavy atom. The summed E-state index contributed by atoms with van der Waals surface area (Å²) in [5, 5.41) is 0. The van der Waals surface area contributed by atoms with E-state index in [0.29, 0.717) is 23.8 Å². The molecule has 2 aliphatic rings. The molecule has 28 heavy (non-hydrogen) atoms. The zero-order valence-corrected chi connectivity index (χ0v) is 17.3. The van der Waals surface area contributed by atoms with Crippen molar-refractivity contribution in [3.63, 3.8) is 0 Å². The third-order valence-corrected chi connectivity index (χ3v) is 6.29. The molecule has 1 spiro atoms. The number of aryl methyl sites for hydroxylation is 3. The molecule has 0 unspecified atom stereocenters. The van der Waals surface area contributed by atoms with Crippen LogP contribution in [0.5, 0.6) is 0 Å². The summed E-state index contributed by atoms with van der Waals surface area (Å²) in [6.07, 6.45) is 4.20. The van der Waals surface area contributed by atoms with Gasteiger partial charge in [-0.2, -0.15) is 0 Å². The first-order valence-electron chi connectivity index (χ1n) is 10.5. The zero-order chi connectivity index (χ0) is 19.7. The Bertz CT molecular complexity index is 859. The highest BCUT2D eigenvalue weighted by molar-refractivity contribution is 5.92. The molecular formula is C23H31N3O2. The van der Waals surface area contributed by atoms with Crippen molar-refractivity contribution in [2.75, 3.05) is 26.2 Å². The van der Waals surface area contributed by atoms with Gasteiger partial charge in [-0.25, -0.2) is 4.98 Å². The standard InChI is InChI=1S/C23H31N3O2/c1-4-20-24-18(3)21(28-20)22(27)26-12-10-23(16-26)9-6-11-25(15-23)14-19-8-5-7-17(2)13-19/h5,7-8,13H,4,6,9-12,14-16H2,1-3H3/t23-/m1/s1. The lowest BCUT2D eigenvalue weighted by atomic mass is 9.79. The zero-order valence-electron chi connectivity index (χ0n) is 17.3. The number of benzene rings is 1. The summed E-state index contributed by atoms with van der Waals surface area (Å²) >= 11 is 0. The molecular weight excluding hydrogens is 350 g/mol. The molecule has 0 bridgehead atoms. The molecule has 4 rings (SSSR count). The molecule has 1 aromatic heterocycles. The van der Waals surface area contributed by atoms with E-state index < -0.39 is 0 Å². The van der Waals surface area contributed by atoms with Gasteiger partial charge in [-0.3, -0.25) is 9.69 Å². The number of nitrogens with zero attached hydrogens (tertiary/aromatic N) is 3. The first kappa shape index (κ1) is 19.2. The second-order valence-corrected chi connectivity index (χ2v) is 8.66. The minimum Gasteiger partial charge on any atom is -0.435 e. The molecule has 5 heteroatoms. The minimum atomic E-state index is 0.0115. The highest BCUT2D eigenvalue weighted by Gasteiger charge is 2.43. The number of aromatic nitrogens is 1. The Balaban J connectivity index is 1.43. The van der Waals surface area contributed by atoms with Crippen LogP contribution in [-0.2, 0) is 13.0 Å². The molecule has 0 saturated carbocycles. The van der Waals surface area contributed by atoms with Crippen LogP contribution < -0.4 is 0 Å². The van der Waals surface area contributed by atoms with Crippen molar-refractivity contribution in [1.82, 2.24) is 14.8 Å². The average Bonchev–Trinajstić information content (AvgIpc) is 3.25. The summed E-state index contributed by atoms with van der Waals surface area (Å²) in [4.78, 5) is 21.9. The van der Waals surface area contributed by atoms with Gasteiger partial charge in [0.15, 0.2) is 5.89 Å². The molecule has 0 N–H and O–H groups in total. The summed E-state index contributed by atoms with van der Waals surface area (Å²) in [6, 6.07) is 8.79. The van der Waals surface area contributed by atoms with Crippen LogP contribution in [0.2, 0.25) is 0 Å². The minimum absolute atomic E-state index is 0.0115. The van der Waals surface area contributed by atoms with Gasteiger partial charge in [-0.15, -0.1) is 0 Å². The van der Waals surface area contributed by atoms with Gasteiger partial charge >= 0.3 is 0 Å². The third-order valence-electron chi connectivity index (χ3n) is 6.29. The first-order chi connectivity index (χ1) is 13.5. The maximum absolute atomic E-state index is 13.0. The van der Waals surface area contributed by atoms with E-state index in [4.69, 9.17) is 4.42 Å². The lowest BCUT2D eigenvalue weighted by Gasteiger charge is -2.40. The Morgan fingerprint density at radius 3 is 2.82 bits per heavy atom. The number of piperidine rings is 1. The van der Waals surface area contributed by atoms with Gasteiger partial charge in [-0.05, 0) is 45.2 Å². The number of likely N-dealkylation sites (tertiary alicyclic amines) is 2.